The number of carbonyl (C=O) groups is 1. The minimum atomic E-state index is -3.61. The summed E-state index contributed by atoms with van der Waals surface area (Å²) in [6, 6.07) is 10.1. The molecular formula is C20H22N4O5S2. The Balaban J connectivity index is 1.89. The maximum absolute atomic E-state index is 12.6. The summed E-state index contributed by atoms with van der Waals surface area (Å²) >= 11 is 1.24. The first-order valence-corrected chi connectivity index (χ1v) is 11.8. The highest BCUT2D eigenvalue weighted by Crippen LogP contribution is 2.22. The number of benzene rings is 2. The summed E-state index contributed by atoms with van der Waals surface area (Å²) in [5, 5.41) is 11.0. The van der Waals surface area contributed by atoms with Crippen LogP contribution in [0.15, 0.2) is 52.4 Å². The van der Waals surface area contributed by atoms with Crippen LogP contribution in [0, 0.1) is 10.1 Å². The third-order valence-electron chi connectivity index (χ3n) is 4.84. The second-order valence-corrected chi connectivity index (χ2v) is 10.0. The molecule has 31 heavy (non-hydrogen) atoms. The van der Waals surface area contributed by atoms with Crippen molar-refractivity contribution in [3.05, 3.63) is 62.9 Å². The van der Waals surface area contributed by atoms with Gasteiger partial charge in [0.2, 0.25) is 10.0 Å². The van der Waals surface area contributed by atoms with Crippen LogP contribution in [0.25, 0.3) is 10.2 Å². The smallest absolute Gasteiger partial charge is 0.279 e. The molecule has 0 saturated carbocycles. The summed E-state index contributed by atoms with van der Waals surface area (Å²) < 4.78 is 28.9. The van der Waals surface area contributed by atoms with Gasteiger partial charge in [0, 0.05) is 38.3 Å². The van der Waals surface area contributed by atoms with E-state index in [1.807, 2.05) is 6.92 Å². The molecule has 0 fully saturated rings. The summed E-state index contributed by atoms with van der Waals surface area (Å²) in [6.07, 6.45) is 1.65. The van der Waals surface area contributed by atoms with Gasteiger partial charge < -0.3 is 4.57 Å². The molecule has 0 saturated heterocycles. The van der Waals surface area contributed by atoms with Crippen molar-refractivity contribution in [1.29, 1.82) is 0 Å². The third-order valence-corrected chi connectivity index (χ3v) is 7.82. The van der Waals surface area contributed by atoms with Gasteiger partial charge in [0.05, 0.1) is 20.0 Å². The Labute approximate surface area is 183 Å². The lowest BCUT2D eigenvalue weighted by atomic mass is 10.2. The van der Waals surface area contributed by atoms with Crippen LogP contribution in [-0.2, 0) is 17.1 Å². The van der Waals surface area contributed by atoms with Gasteiger partial charge in [0.25, 0.3) is 11.6 Å². The van der Waals surface area contributed by atoms with Crippen LogP contribution in [0.1, 0.15) is 30.1 Å². The van der Waals surface area contributed by atoms with Crippen molar-refractivity contribution in [3.8, 4) is 0 Å². The molecule has 0 spiro atoms. The van der Waals surface area contributed by atoms with E-state index in [-0.39, 0.29) is 16.1 Å². The quantitative estimate of drug-likeness (QED) is 0.395. The zero-order valence-electron chi connectivity index (χ0n) is 17.3. The normalized spacial score (nSPS) is 12.6. The highest BCUT2D eigenvalue weighted by molar-refractivity contribution is 7.89. The van der Waals surface area contributed by atoms with Crippen molar-refractivity contribution < 1.29 is 18.1 Å². The fourth-order valence-electron chi connectivity index (χ4n) is 2.94. The highest BCUT2D eigenvalue weighted by atomic mass is 32.2. The fourth-order valence-corrected chi connectivity index (χ4v) is 5.14. The fraction of sp³-hybridized carbons (Fsp3) is 0.300. The Kier molecular flexibility index (Phi) is 6.68. The van der Waals surface area contributed by atoms with E-state index in [1.54, 1.807) is 17.7 Å². The zero-order valence-corrected chi connectivity index (χ0v) is 18.9. The van der Waals surface area contributed by atoms with Crippen molar-refractivity contribution >= 4 is 43.2 Å². The number of amides is 1. The first kappa shape index (κ1) is 22.8. The van der Waals surface area contributed by atoms with Crippen LogP contribution in [0.2, 0.25) is 0 Å². The van der Waals surface area contributed by atoms with E-state index in [4.69, 9.17) is 0 Å². The molecule has 0 aliphatic heterocycles. The number of aromatic nitrogens is 1. The number of unbranched alkanes of at least 4 members (excludes halogenated alkanes) is 1. The molecule has 0 unspecified atom stereocenters. The van der Waals surface area contributed by atoms with Crippen LogP contribution in [0.4, 0.5) is 5.69 Å². The largest absolute Gasteiger partial charge is 0.319 e. The maximum atomic E-state index is 12.6. The highest BCUT2D eigenvalue weighted by Gasteiger charge is 2.20. The van der Waals surface area contributed by atoms with Gasteiger partial charge in [-0.3, -0.25) is 14.9 Å². The van der Waals surface area contributed by atoms with Crippen LogP contribution in [-0.4, -0.2) is 41.7 Å². The van der Waals surface area contributed by atoms with E-state index < -0.39 is 20.9 Å². The van der Waals surface area contributed by atoms with E-state index in [0.717, 1.165) is 17.5 Å². The van der Waals surface area contributed by atoms with E-state index in [9.17, 15) is 23.3 Å². The Morgan fingerprint density at radius 3 is 2.52 bits per heavy atom. The molecular weight excluding hydrogens is 440 g/mol. The number of hydrogen-bond donors (Lipinski definition) is 0. The molecule has 1 amide bonds. The summed E-state index contributed by atoms with van der Waals surface area (Å²) in [5.41, 5.74) is 0.806. The number of rotatable bonds is 7. The van der Waals surface area contributed by atoms with Crippen LogP contribution in [0.5, 0.6) is 0 Å². The second kappa shape index (κ2) is 9.08. The molecule has 1 aromatic heterocycles. The molecule has 1 heterocycles. The predicted molar refractivity (Wildman–Crippen MR) is 119 cm³/mol. The number of thiazole rings is 1. The molecule has 0 radical (unpaired) electrons. The minimum Gasteiger partial charge on any atom is -0.319 e. The summed E-state index contributed by atoms with van der Waals surface area (Å²) in [5.74, 6) is -0.528. The topological polar surface area (TPSA) is 115 Å². The summed E-state index contributed by atoms with van der Waals surface area (Å²) in [4.78, 5) is 27.7. The lowest BCUT2D eigenvalue weighted by Gasteiger charge is -2.16. The van der Waals surface area contributed by atoms with E-state index in [0.29, 0.717) is 16.9 Å². The number of hydrogen-bond acceptors (Lipinski definition) is 6. The molecule has 9 nitrogen and oxygen atoms in total. The van der Waals surface area contributed by atoms with Gasteiger partial charge in [-0.05, 0) is 36.8 Å². The monoisotopic (exact) mass is 462 g/mol. The van der Waals surface area contributed by atoms with Gasteiger partial charge in [-0.15, -0.1) is 0 Å². The molecule has 0 N–H and O–H groups in total. The van der Waals surface area contributed by atoms with Gasteiger partial charge in [-0.2, -0.15) is 4.99 Å². The minimum absolute atomic E-state index is 0.0421. The zero-order chi connectivity index (χ0) is 22.8. The first-order chi connectivity index (χ1) is 14.6. The average molecular weight is 463 g/mol. The lowest BCUT2D eigenvalue weighted by molar-refractivity contribution is -0.384. The van der Waals surface area contributed by atoms with Gasteiger partial charge in [-0.25, -0.2) is 12.7 Å². The lowest BCUT2D eigenvalue weighted by Crippen LogP contribution is -2.27. The maximum Gasteiger partial charge on any atom is 0.279 e. The van der Waals surface area contributed by atoms with E-state index in [2.05, 4.69) is 4.99 Å². The number of carbonyl (C=O) groups excluding carboxylic acids is 1. The number of fused-ring (bicyclic) bond motifs is 1. The predicted octanol–water partition coefficient (Wildman–Crippen LogP) is 3.31. The van der Waals surface area contributed by atoms with Crippen LogP contribution < -0.4 is 4.80 Å². The van der Waals surface area contributed by atoms with Gasteiger partial charge in [0.15, 0.2) is 4.80 Å². The van der Waals surface area contributed by atoms with E-state index >= 15 is 0 Å². The molecule has 0 bridgehead atoms. The first-order valence-electron chi connectivity index (χ1n) is 9.54. The van der Waals surface area contributed by atoms with Crippen LogP contribution >= 0.6 is 11.3 Å². The Morgan fingerprint density at radius 1 is 1.23 bits per heavy atom. The molecule has 164 valence electrons. The molecule has 0 aliphatic carbocycles. The number of nitrogens with zero attached hydrogens (tertiary/aromatic N) is 4. The van der Waals surface area contributed by atoms with Crippen molar-refractivity contribution in [2.45, 2.75) is 24.7 Å². The molecule has 11 heteroatoms. The summed E-state index contributed by atoms with van der Waals surface area (Å²) in [6.45, 7) is 2.41. The summed E-state index contributed by atoms with van der Waals surface area (Å²) in [7, 11) is -0.403. The third kappa shape index (κ3) is 4.73. The molecule has 3 aromatic rings. The number of nitro benzene ring substituents is 1. The van der Waals surface area contributed by atoms with Crippen molar-refractivity contribution in [2.24, 2.45) is 12.0 Å². The van der Waals surface area contributed by atoms with E-state index in [1.165, 1.54) is 59.1 Å². The average Bonchev–Trinajstić information content (AvgIpc) is 3.06. The second-order valence-electron chi connectivity index (χ2n) is 6.97. The van der Waals surface area contributed by atoms with Crippen molar-refractivity contribution in [3.63, 3.8) is 0 Å². The van der Waals surface area contributed by atoms with Crippen LogP contribution in [0.3, 0.4) is 0 Å². The SMILES string of the molecule is CCCCN(C)S(=O)(=O)c1ccc(C(=O)N=c2sc3ccc([N+](=O)[O-])cc3n2C)cc1. The Morgan fingerprint density at radius 2 is 1.90 bits per heavy atom. The molecule has 0 aliphatic rings. The number of aryl methyl sites for hydroxylation is 1. The Bertz CT molecular complexity index is 1310. The standard InChI is InChI=1S/C20H22N4O5S2/c1-4-5-12-22(2)31(28,29)16-9-6-14(7-10-16)19(25)21-20-23(3)17-13-15(24(26)27)8-11-18(17)30-20/h6-11,13H,4-5,12H2,1-3H3. The van der Waals surface area contributed by atoms with Gasteiger partial charge in [0.1, 0.15) is 0 Å². The number of non-ortho nitro benzene ring substituents is 1. The van der Waals surface area contributed by atoms with Gasteiger partial charge in [-0.1, -0.05) is 24.7 Å². The van der Waals surface area contributed by atoms with Crippen molar-refractivity contribution in [2.75, 3.05) is 13.6 Å². The van der Waals surface area contributed by atoms with Gasteiger partial charge >= 0.3 is 0 Å². The Hall–Kier alpha value is -2.89. The molecule has 3 rings (SSSR count). The number of sulfonamides is 1. The van der Waals surface area contributed by atoms with Crippen molar-refractivity contribution in [1.82, 2.24) is 8.87 Å². The molecule has 0 atom stereocenters. The number of nitro groups is 1. The molecule has 2 aromatic carbocycles.